The van der Waals surface area contributed by atoms with Crippen molar-refractivity contribution in [1.29, 1.82) is 0 Å². The summed E-state index contributed by atoms with van der Waals surface area (Å²) < 4.78 is 104. The molecule has 0 spiro atoms. The first kappa shape index (κ1) is 45.3. The van der Waals surface area contributed by atoms with Crippen LogP contribution in [0.2, 0.25) is 0 Å². The van der Waals surface area contributed by atoms with Crippen LogP contribution >= 0.6 is 15.6 Å². The number of nitrogens with one attached hydrogen (secondary N) is 2. The first-order chi connectivity index (χ1) is 29.0. The van der Waals surface area contributed by atoms with E-state index in [1.807, 2.05) is 0 Å². The summed E-state index contributed by atoms with van der Waals surface area (Å²) in [7, 11) is -10.4. The van der Waals surface area contributed by atoms with Crippen LogP contribution in [-0.2, 0) is 64.8 Å². The van der Waals surface area contributed by atoms with Gasteiger partial charge < -0.3 is 35.5 Å². The molecule has 7 heterocycles. The molecule has 0 aliphatic carbocycles. The average molecular weight is 921 g/mol. The van der Waals surface area contributed by atoms with Gasteiger partial charge in [-0.25, -0.2) is 32.5 Å². The van der Waals surface area contributed by atoms with Gasteiger partial charge in [0, 0.05) is 0 Å². The molecule has 30 heteroatoms. The van der Waals surface area contributed by atoms with Crippen molar-refractivity contribution >= 4 is 61.8 Å². The maximum Gasteiger partial charge on any atom is 0.478 e. The Labute approximate surface area is 348 Å². The van der Waals surface area contributed by atoms with Gasteiger partial charge in [-0.15, -0.1) is 0 Å². The number of nitrogen functional groups attached to an aromatic ring is 2. The smallest absolute Gasteiger partial charge is 0.437 e. The summed E-state index contributed by atoms with van der Waals surface area (Å²) in [5.41, 5.74) is 6.97. The van der Waals surface area contributed by atoms with Crippen LogP contribution in [0.1, 0.15) is 54.0 Å². The molecule has 0 radical (unpaired) electrons. The lowest BCUT2D eigenvalue weighted by Crippen LogP contribution is -2.36. The number of rotatable bonds is 8. The number of nitrogens with two attached hydrogens (primary N) is 2. The number of fused-ring (bicyclic) bond motifs is 5. The summed E-state index contributed by atoms with van der Waals surface area (Å²) in [6, 6.07) is 0. The van der Waals surface area contributed by atoms with Gasteiger partial charge in [-0.3, -0.25) is 56.4 Å². The Hall–Kier alpha value is -4.73. The molecule has 4 aromatic heterocycles. The van der Waals surface area contributed by atoms with Crippen LogP contribution in [0, 0.1) is 10.8 Å². The van der Waals surface area contributed by atoms with Crippen molar-refractivity contribution in [1.82, 2.24) is 39.0 Å². The molecule has 27 nitrogen and oxygen atoms in total. The highest BCUT2D eigenvalue weighted by molar-refractivity contribution is 7.48. The standard InChI is InChI=1S/C32H43FN10O17P2/c1-31(2,3)27(47)51-11-55-61(49)53-7-13-18(44)20(26(57-13)43-10-37-17-22(43)39-30(35)41-24(17)46)60-62(50,56-12-52-28(48)32(4,5)6)54-8-14-19(59-61)15(33)25(58-14)42-9-36-16-21(42)38-29(34)40-23(16)45/h9-10,13-15,18-20,25-26,44H,7-8,11-12H2,1-6H3,(H3,34,38,40,45)(H3,35,39,41,46)/t13-,14-,15+,18?,19?,20+,25-,26-,61?,62?/m1/s1. The van der Waals surface area contributed by atoms with Crippen LogP contribution in [0.25, 0.3) is 22.3 Å². The lowest BCUT2D eigenvalue weighted by Gasteiger charge is -2.28. The van der Waals surface area contributed by atoms with E-state index < -0.39 is 125 Å². The van der Waals surface area contributed by atoms with Crippen LogP contribution in [0.15, 0.2) is 22.2 Å². The highest BCUT2D eigenvalue weighted by Crippen LogP contribution is 2.58. The second-order valence-electron chi connectivity index (χ2n) is 16.1. The number of anilines is 2. The number of hydrogen-bond donors (Lipinski definition) is 5. The van der Waals surface area contributed by atoms with E-state index in [9.17, 15) is 33.4 Å². The second-order valence-corrected chi connectivity index (χ2v) is 19.3. The molecular formula is C32H43FN10O17P2. The number of aromatic amines is 2. The van der Waals surface area contributed by atoms with E-state index in [-0.39, 0.29) is 34.2 Å². The number of H-pyrrole nitrogens is 2. The van der Waals surface area contributed by atoms with Gasteiger partial charge in [0.1, 0.15) is 30.5 Å². The van der Waals surface area contributed by atoms with Crippen LogP contribution in [0.3, 0.4) is 0 Å². The van der Waals surface area contributed by atoms with E-state index in [2.05, 4.69) is 29.9 Å². The van der Waals surface area contributed by atoms with Crippen molar-refractivity contribution in [2.75, 3.05) is 38.3 Å². The topological polar surface area (TPSA) is 360 Å². The van der Waals surface area contributed by atoms with Gasteiger partial charge in [0.25, 0.3) is 11.1 Å². The van der Waals surface area contributed by atoms with Gasteiger partial charge in [0.15, 0.2) is 41.0 Å². The molecular weight excluding hydrogens is 877 g/mol. The first-order valence-electron chi connectivity index (χ1n) is 18.5. The van der Waals surface area contributed by atoms with Crippen molar-refractivity contribution in [3.8, 4) is 0 Å². The summed E-state index contributed by atoms with van der Waals surface area (Å²) in [5, 5.41) is 11.7. The Kier molecular flexibility index (Phi) is 12.2. The summed E-state index contributed by atoms with van der Waals surface area (Å²) >= 11 is 0. The number of phosphoric acid groups is 2. The van der Waals surface area contributed by atoms with Crippen LogP contribution in [0.4, 0.5) is 16.3 Å². The highest BCUT2D eigenvalue weighted by atomic mass is 31.2. The zero-order chi connectivity index (χ0) is 45.1. The van der Waals surface area contributed by atoms with Gasteiger partial charge in [-0.05, 0) is 41.5 Å². The molecule has 4 aromatic rings. The zero-order valence-corrected chi connectivity index (χ0v) is 35.5. The minimum Gasteiger partial charge on any atom is -0.437 e. The monoisotopic (exact) mass is 920 g/mol. The Morgan fingerprint density at radius 2 is 1.23 bits per heavy atom. The van der Waals surface area contributed by atoms with Gasteiger partial charge in [-0.1, -0.05) is 0 Å². The molecule has 3 saturated heterocycles. The van der Waals surface area contributed by atoms with Crippen molar-refractivity contribution in [2.24, 2.45) is 10.8 Å². The van der Waals surface area contributed by atoms with Gasteiger partial charge in [0.2, 0.25) is 25.5 Å². The number of phosphoric ester groups is 2. The van der Waals surface area contributed by atoms with Crippen molar-refractivity contribution in [3.05, 3.63) is 33.4 Å². The summed E-state index contributed by atoms with van der Waals surface area (Å²) in [5.74, 6) is -2.30. The Bertz CT molecular complexity index is 2570. The van der Waals surface area contributed by atoms with E-state index in [4.69, 9.17) is 57.6 Å². The molecule has 7 N–H and O–H groups in total. The summed E-state index contributed by atoms with van der Waals surface area (Å²) in [6.45, 7) is 5.16. The normalized spacial score (nSPS) is 31.0. The number of alkyl halides is 1. The van der Waals surface area contributed by atoms with Crippen molar-refractivity contribution < 1.29 is 74.3 Å². The molecule has 3 fully saturated rings. The molecule has 0 amide bonds. The third-order valence-electron chi connectivity index (χ3n) is 9.35. The van der Waals surface area contributed by atoms with Crippen molar-refractivity contribution in [2.45, 2.75) is 90.7 Å². The fourth-order valence-electron chi connectivity index (χ4n) is 6.18. The Morgan fingerprint density at radius 3 is 1.71 bits per heavy atom. The summed E-state index contributed by atoms with van der Waals surface area (Å²) in [6.07, 6.45) is -12.9. The molecule has 340 valence electrons. The molecule has 10 atom stereocenters. The number of imidazole rings is 2. The number of esters is 2. The highest BCUT2D eigenvalue weighted by Gasteiger charge is 2.56. The third-order valence-corrected chi connectivity index (χ3v) is 12.1. The number of aliphatic hydroxyl groups is 1. The Balaban J connectivity index is 1.28. The van der Waals surface area contributed by atoms with Crippen molar-refractivity contribution in [3.63, 3.8) is 0 Å². The zero-order valence-electron chi connectivity index (χ0n) is 33.7. The number of nitrogens with zero attached hydrogens (tertiary/aromatic N) is 6. The SMILES string of the molecule is CC(C)(C)C(=O)OCOP1(=O)OC[C@H]2O[C@@H](n3cnc4c(=O)[nH]c(N)nc43)[C@@H](OP(=O)(OCOC(=O)C(C)(C)C)OC[C@H]3O[C@@H](n4cnc5c(=O)[nH]c(N)nc54)[C@@H](F)C3O1)C2O. The average Bonchev–Trinajstić information content (AvgIpc) is 3.93. The number of hydrogen-bond acceptors (Lipinski definition) is 23. The predicted octanol–water partition coefficient (Wildman–Crippen LogP) is 1.07. The molecule has 7 rings (SSSR count). The fourth-order valence-corrected chi connectivity index (χ4v) is 8.67. The van der Waals surface area contributed by atoms with Gasteiger partial charge in [-0.2, -0.15) is 9.97 Å². The number of carbonyl (C=O) groups excluding carboxylic acids is 2. The molecule has 3 aliphatic heterocycles. The van der Waals surface area contributed by atoms with E-state index in [0.717, 1.165) is 21.8 Å². The maximum atomic E-state index is 16.9. The number of carbonyl (C=O) groups is 2. The second kappa shape index (κ2) is 16.8. The van der Waals surface area contributed by atoms with Crippen LogP contribution in [0.5, 0.6) is 0 Å². The van der Waals surface area contributed by atoms with E-state index in [1.54, 1.807) is 0 Å². The van der Waals surface area contributed by atoms with E-state index in [1.165, 1.54) is 41.5 Å². The lowest BCUT2D eigenvalue weighted by atomic mass is 9.98. The number of aromatic nitrogens is 8. The fraction of sp³-hybridized carbons (Fsp3) is 0.625. The maximum absolute atomic E-state index is 16.9. The minimum absolute atomic E-state index is 0.194. The number of halogens is 1. The van der Waals surface area contributed by atoms with Crippen LogP contribution in [-0.4, -0.2) is 120 Å². The minimum atomic E-state index is -5.18. The predicted molar refractivity (Wildman–Crippen MR) is 204 cm³/mol. The molecule has 2 bridgehead atoms. The molecule has 62 heavy (non-hydrogen) atoms. The van der Waals surface area contributed by atoms with Gasteiger partial charge >= 0.3 is 27.6 Å². The molecule has 4 unspecified atom stereocenters. The largest absolute Gasteiger partial charge is 0.478 e. The molecule has 0 aromatic carbocycles. The van der Waals surface area contributed by atoms with Crippen LogP contribution < -0.4 is 22.6 Å². The summed E-state index contributed by atoms with van der Waals surface area (Å²) in [4.78, 5) is 71.1. The first-order valence-corrected chi connectivity index (χ1v) is 21.5. The quantitative estimate of drug-likeness (QED) is 0.0937. The third kappa shape index (κ3) is 9.17. The number of ether oxygens (including phenoxy) is 4. The number of aliphatic hydroxyl groups excluding tert-OH is 1. The molecule has 0 saturated carbocycles. The van der Waals surface area contributed by atoms with Gasteiger partial charge in [0.05, 0.1) is 36.7 Å². The Morgan fingerprint density at radius 1 is 0.790 bits per heavy atom. The van der Waals surface area contributed by atoms with E-state index in [0.29, 0.717) is 0 Å². The molecule has 3 aliphatic rings. The van der Waals surface area contributed by atoms with E-state index >= 15 is 4.39 Å². The lowest BCUT2D eigenvalue weighted by molar-refractivity contribution is -0.162.